The normalized spacial score (nSPS) is 48.8. The van der Waals surface area contributed by atoms with Gasteiger partial charge in [-0.15, -0.1) is 0 Å². The molecule has 6 N–H and O–H groups in total. The summed E-state index contributed by atoms with van der Waals surface area (Å²) in [5, 5.41) is 32.2. The van der Waals surface area contributed by atoms with Crippen LogP contribution in [0.1, 0.15) is 78.6 Å². The Morgan fingerprint density at radius 1 is 1.09 bits per heavy atom. The first-order valence-electron chi connectivity index (χ1n) is 13.3. The van der Waals surface area contributed by atoms with Crippen molar-refractivity contribution in [2.24, 2.45) is 52.1 Å². The molecule has 4 saturated carbocycles. The number of nitrogens with two attached hydrogens (primary N) is 1. The highest BCUT2D eigenvalue weighted by Crippen LogP contribution is 2.68. The molecule has 8 heteroatoms. The summed E-state index contributed by atoms with van der Waals surface area (Å²) >= 11 is -2.25. The third kappa shape index (κ3) is 4.24. The summed E-state index contributed by atoms with van der Waals surface area (Å²) < 4.78 is 20.7. The van der Waals surface area contributed by atoms with Gasteiger partial charge in [-0.2, -0.15) is 0 Å². The molecule has 0 amide bonds. The van der Waals surface area contributed by atoms with Gasteiger partial charge in [0.2, 0.25) is 0 Å². The lowest BCUT2D eigenvalue weighted by Crippen LogP contribution is -2.62. The molecule has 34 heavy (non-hydrogen) atoms. The number of aliphatic hydroxyl groups excluding tert-OH is 3. The number of rotatable bonds is 7. The number of ketones is 1. The molecule has 0 radical (unpaired) electrons. The van der Waals surface area contributed by atoms with E-state index in [9.17, 15) is 28.9 Å². The fraction of sp³-hybridized carbons (Fsp3) is 0.962. The maximum atomic E-state index is 12.5. The summed E-state index contributed by atoms with van der Waals surface area (Å²) in [7, 11) is 0. The van der Waals surface area contributed by atoms with E-state index in [1.165, 1.54) is 0 Å². The Hall–Kier alpha value is -0.380. The highest BCUT2D eigenvalue weighted by atomic mass is 32.2. The molecule has 0 aliphatic heterocycles. The van der Waals surface area contributed by atoms with Gasteiger partial charge in [0.05, 0.1) is 18.3 Å². The summed E-state index contributed by atoms with van der Waals surface area (Å²) in [6.45, 7) is 6.54. The summed E-state index contributed by atoms with van der Waals surface area (Å²) in [4.78, 5) is 12.5. The van der Waals surface area contributed by atoms with Gasteiger partial charge in [-0.05, 0) is 97.7 Å². The van der Waals surface area contributed by atoms with E-state index in [2.05, 4.69) is 20.8 Å². The number of hydrogen-bond acceptors (Lipinski definition) is 6. The molecule has 4 rings (SSSR count). The standard InChI is InChI=1S/C26H45NO6S/c1-14(4-7-20(29)22(13-27)34(32)33)17-5-6-18-24-19(12-23(31)26(17,18)3)25(2)9-8-16(28)10-15(25)11-21(24)30/h14-19,21-24,28,30-31H,4-13,27H2,1-3H3,(H,32,33). The molecule has 13 unspecified atom stereocenters. The molecule has 0 spiro atoms. The van der Waals surface area contributed by atoms with Crippen LogP contribution >= 0.6 is 0 Å². The molecule has 196 valence electrons. The van der Waals surface area contributed by atoms with Gasteiger partial charge in [0, 0.05) is 13.0 Å². The number of fused-ring (bicyclic) bond motifs is 5. The van der Waals surface area contributed by atoms with E-state index in [0.717, 1.165) is 38.5 Å². The van der Waals surface area contributed by atoms with E-state index in [4.69, 9.17) is 5.73 Å². The lowest BCUT2D eigenvalue weighted by molar-refractivity contribution is -0.207. The number of Topliss-reactive ketones (excluding diaryl/α,β-unsaturated/α-hetero) is 1. The van der Waals surface area contributed by atoms with Crippen LogP contribution < -0.4 is 5.73 Å². The van der Waals surface area contributed by atoms with Crippen molar-refractivity contribution in [3.05, 3.63) is 0 Å². The van der Waals surface area contributed by atoms with Crippen LogP contribution in [0.4, 0.5) is 0 Å². The van der Waals surface area contributed by atoms with Gasteiger partial charge in [0.25, 0.3) is 0 Å². The van der Waals surface area contributed by atoms with Gasteiger partial charge in [-0.3, -0.25) is 4.79 Å². The predicted molar refractivity (Wildman–Crippen MR) is 131 cm³/mol. The molecule has 0 heterocycles. The van der Waals surface area contributed by atoms with Gasteiger partial charge >= 0.3 is 0 Å². The molecule has 0 bridgehead atoms. The molecule has 0 aromatic heterocycles. The highest BCUT2D eigenvalue weighted by Gasteiger charge is 2.65. The summed E-state index contributed by atoms with van der Waals surface area (Å²) in [6.07, 6.45) is 5.60. The summed E-state index contributed by atoms with van der Waals surface area (Å²) in [5.41, 5.74) is 5.27. The lowest BCUT2D eigenvalue weighted by atomic mass is 9.43. The molecule has 0 aromatic rings. The number of hydrogen-bond donors (Lipinski definition) is 5. The van der Waals surface area contributed by atoms with E-state index in [1.807, 2.05) is 0 Å². The minimum absolute atomic E-state index is 0.0543. The van der Waals surface area contributed by atoms with Gasteiger partial charge in [0.1, 0.15) is 5.25 Å². The Morgan fingerprint density at radius 3 is 2.44 bits per heavy atom. The highest BCUT2D eigenvalue weighted by molar-refractivity contribution is 7.80. The summed E-state index contributed by atoms with van der Waals surface area (Å²) in [6, 6.07) is 0. The Balaban J connectivity index is 1.51. The molecule has 7 nitrogen and oxygen atoms in total. The zero-order valence-corrected chi connectivity index (χ0v) is 21.8. The average Bonchev–Trinajstić information content (AvgIpc) is 3.13. The number of aliphatic hydroxyl groups is 3. The molecule has 4 aliphatic carbocycles. The fourth-order valence-corrected chi connectivity index (χ4v) is 9.70. The van der Waals surface area contributed by atoms with Crippen LogP contribution in [-0.4, -0.2) is 60.0 Å². The van der Waals surface area contributed by atoms with Gasteiger partial charge < -0.3 is 25.6 Å². The smallest absolute Gasteiger partial charge is 0.164 e. The van der Waals surface area contributed by atoms with Crippen molar-refractivity contribution in [1.29, 1.82) is 0 Å². The maximum Gasteiger partial charge on any atom is 0.164 e. The van der Waals surface area contributed by atoms with Crippen molar-refractivity contribution >= 4 is 16.9 Å². The third-order valence-electron chi connectivity index (χ3n) is 11.2. The van der Waals surface area contributed by atoms with E-state index >= 15 is 0 Å². The van der Waals surface area contributed by atoms with Crippen LogP contribution in [0.25, 0.3) is 0 Å². The van der Waals surface area contributed by atoms with Crippen molar-refractivity contribution in [2.45, 2.75) is 102 Å². The fourth-order valence-electron chi connectivity index (χ4n) is 9.19. The minimum Gasteiger partial charge on any atom is -0.393 e. The second kappa shape index (κ2) is 9.82. The molecule has 0 saturated heterocycles. The Morgan fingerprint density at radius 2 is 1.79 bits per heavy atom. The Labute approximate surface area is 206 Å². The first-order valence-corrected chi connectivity index (χ1v) is 14.5. The first kappa shape index (κ1) is 26.7. The van der Waals surface area contributed by atoms with Crippen molar-refractivity contribution in [3.63, 3.8) is 0 Å². The van der Waals surface area contributed by atoms with Gasteiger partial charge in [0.15, 0.2) is 16.9 Å². The second-order valence-corrected chi connectivity index (χ2v) is 13.6. The van der Waals surface area contributed by atoms with Crippen LogP contribution in [0.3, 0.4) is 0 Å². The van der Waals surface area contributed by atoms with Crippen molar-refractivity contribution in [1.82, 2.24) is 0 Å². The van der Waals surface area contributed by atoms with Crippen LogP contribution in [0.5, 0.6) is 0 Å². The number of carbonyl (C=O) groups is 1. The van der Waals surface area contributed by atoms with E-state index < -0.39 is 28.5 Å². The minimum atomic E-state index is -2.25. The second-order valence-electron chi connectivity index (χ2n) is 12.5. The van der Waals surface area contributed by atoms with Crippen LogP contribution in [-0.2, 0) is 15.9 Å². The van der Waals surface area contributed by atoms with Crippen molar-refractivity contribution in [2.75, 3.05) is 6.54 Å². The lowest BCUT2D eigenvalue weighted by Gasteiger charge is -2.63. The average molecular weight is 500 g/mol. The van der Waals surface area contributed by atoms with Gasteiger partial charge in [-0.1, -0.05) is 20.8 Å². The Kier molecular flexibility index (Phi) is 7.71. The monoisotopic (exact) mass is 499 g/mol. The molecule has 0 aromatic carbocycles. The number of carbonyl (C=O) groups excluding carboxylic acids is 1. The maximum absolute atomic E-state index is 12.5. The molecular weight excluding hydrogens is 454 g/mol. The Bertz CT molecular complexity index is 795. The van der Waals surface area contributed by atoms with Crippen LogP contribution in [0, 0.1) is 46.3 Å². The van der Waals surface area contributed by atoms with Crippen molar-refractivity contribution in [3.8, 4) is 0 Å². The zero-order valence-electron chi connectivity index (χ0n) is 20.9. The first-order chi connectivity index (χ1) is 15.9. The molecular formula is C26H45NO6S. The summed E-state index contributed by atoms with van der Waals surface area (Å²) in [5.74, 6) is 1.14. The quantitative estimate of drug-likeness (QED) is 0.339. The van der Waals surface area contributed by atoms with Crippen molar-refractivity contribution < 1.29 is 28.9 Å². The SMILES string of the molecule is CC(CCC(=O)C(CN)S(=O)O)C1CCC2C3C(O)CC4CC(O)CCC4(C)C3CC(O)C12C. The molecule has 13 atom stereocenters. The molecule has 4 aliphatic rings. The zero-order chi connectivity index (χ0) is 25.0. The van der Waals surface area contributed by atoms with E-state index in [1.54, 1.807) is 0 Å². The largest absolute Gasteiger partial charge is 0.393 e. The topological polar surface area (TPSA) is 141 Å². The van der Waals surface area contributed by atoms with Crippen LogP contribution in [0.2, 0.25) is 0 Å². The van der Waals surface area contributed by atoms with Crippen LogP contribution in [0.15, 0.2) is 0 Å². The third-order valence-corrected chi connectivity index (χ3v) is 12.1. The van der Waals surface area contributed by atoms with E-state index in [-0.39, 0.29) is 65.3 Å². The molecule has 4 fully saturated rings. The van der Waals surface area contributed by atoms with Gasteiger partial charge in [-0.25, -0.2) is 4.21 Å². The predicted octanol–water partition coefficient (Wildman–Crippen LogP) is 2.48. The van der Waals surface area contributed by atoms with E-state index in [0.29, 0.717) is 18.8 Å².